The van der Waals surface area contributed by atoms with Crippen molar-refractivity contribution in [3.05, 3.63) is 11.7 Å². The molecular weight excluding hydrogens is 266 g/mol. The molecule has 0 aliphatic heterocycles. The molecule has 1 heterocycles. The van der Waals surface area contributed by atoms with Crippen LogP contribution in [0.1, 0.15) is 70.2 Å². The van der Waals surface area contributed by atoms with Crippen molar-refractivity contribution in [3.63, 3.8) is 0 Å². The normalized spacial score (nSPS) is 19.1. The summed E-state index contributed by atoms with van der Waals surface area (Å²) < 4.78 is 11.2. The molecule has 2 rings (SSSR count). The summed E-state index contributed by atoms with van der Waals surface area (Å²) in [6.07, 6.45) is 7.33. The molecule has 0 saturated heterocycles. The van der Waals surface area contributed by atoms with Crippen molar-refractivity contribution in [3.8, 4) is 6.07 Å². The second-order valence-corrected chi connectivity index (χ2v) is 5.99. The Hall–Kier alpha value is -1.41. The van der Waals surface area contributed by atoms with Crippen LogP contribution < -0.4 is 0 Å². The molecule has 0 aromatic carbocycles. The molecule has 0 amide bonds. The van der Waals surface area contributed by atoms with Crippen molar-refractivity contribution in [2.45, 2.75) is 64.9 Å². The van der Waals surface area contributed by atoms with Gasteiger partial charge in [-0.05, 0) is 31.6 Å². The van der Waals surface area contributed by atoms with Crippen LogP contribution in [0.5, 0.6) is 0 Å². The number of aromatic nitrogens is 2. The predicted molar refractivity (Wildman–Crippen MR) is 78.3 cm³/mol. The summed E-state index contributed by atoms with van der Waals surface area (Å²) in [7, 11) is 0. The number of hydrogen-bond acceptors (Lipinski definition) is 5. The number of ether oxygens (including phenoxy) is 1. The Labute approximate surface area is 126 Å². The van der Waals surface area contributed by atoms with E-state index in [0.29, 0.717) is 37.1 Å². The highest BCUT2D eigenvalue weighted by Gasteiger charge is 2.29. The fourth-order valence-electron chi connectivity index (χ4n) is 3.03. The van der Waals surface area contributed by atoms with Crippen LogP contribution in [-0.4, -0.2) is 16.7 Å². The maximum absolute atomic E-state index is 8.71. The lowest BCUT2D eigenvalue weighted by Gasteiger charge is -2.27. The summed E-state index contributed by atoms with van der Waals surface area (Å²) >= 11 is 0. The summed E-state index contributed by atoms with van der Waals surface area (Å²) in [6.45, 7) is 4.69. The van der Waals surface area contributed by atoms with Gasteiger partial charge in [-0.1, -0.05) is 31.3 Å². The van der Waals surface area contributed by atoms with Crippen LogP contribution in [-0.2, 0) is 11.2 Å². The van der Waals surface area contributed by atoms with Gasteiger partial charge in [-0.15, -0.1) is 0 Å². The van der Waals surface area contributed by atoms with Gasteiger partial charge in [0.15, 0.2) is 0 Å². The Morgan fingerprint density at radius 1 is 1.38 bits per heavy atom. The van der Waals surface area contributed by atoms with E-state index in [2.05, 4.69) is 16.2 Å². The van der Waals surface area contributed by atoms with E-state index < -0.39 is 0 Å². The first-order chi connectivity index (χ1) is 10.2. The molecule has 21 heavy (non-hydrogen) atoms. The minimum atomic E-state index is -0.0425. The third kappa shape index (κ3) is 4.53. The number of rotatable bonds is 7. The molecule has 5 nitrogen and oxygen atoms in total. The Balaban J connectivity index is 2.03. The Bertz CT molecular complexity index is 460. The topological polar surface area (TPSA) is 71.9 Å². The minimum Gasteiger partial charge on any atom is -0.370 e. The zero-order valence-electron chi connectivity index (χ0n) is 13.0. The van der Waals surface area contributed by atoms with Crippen LogP contribution in [0.2, 0.25) is 0 Å². The average Bonchev–Trinajstić information content (AvgIpc) is 2.94. The van der Waals surface area contributed by atoms with Crippen molar-refractivity contribution in [2.75, 3.05) is 6.61 Å². The summed E-state index contributed by atoms with van der Waals surface area (Å²) in [5.74, 6) is 2.04. The van der Waals surface area contributed by atoms with E-state index in [1.54, 1.807) is 0 Å². The molecule has 1 saturated carbocycles. The molecule has 5 heteroatoms. The van der Waals surface area contributed by atoms with Crippen molar-refractivity contribution in [2.24, 2.45) is 11.8 Å². The molecule has 0 bridgehead atoms. The highest BCUT2D eigenvalue weighted by atomic mass is 16.5. The van der Waals surface area contributed by atoms with E-state index in [-0.39, 0.29) is 12.0 Å². The summed E-state index contributed by atoms with van der Waals surface area (Å²) in [5, 5.41) is 12.8. The molecule has 1 fully saturated rings. The monoisotopic (exact) mass is 291 g/mol. The fraction of sp³-hybridized carbons (Fsp3) is 0.812. The Morgan fingerprint density at radius 3 is 2.81 bits per heavy atom. The van der Waals surface area contributed by atoms with Gasteiger partial charge >= 0.3 is 0 Å². The van der Waals surface area contributed by atoms with E-state index in [9.17, 15) is 0 Å². The van der Waals surface area contributed by atoms with Gasteiger partial charge in [0.1, 0.15) is 6.10 Å². The summed E-state index contributed by atoms with van der Waals surface area (Å²) in [5.41, 5.74) is 0. The molecule has 2 atom stereocenters. The van der Waals surface area contributed by atoms with Crippen molar-refractivity contribution >= 4 is 0 Å². The summed E-state index contributed by atoms with van der Waals surface area (Å²) in [4.78, 5) is 4.51. The molecule has 1 aliphatic carbocycles. The quantitative estimate of drug-likeness (QED) is 0.763. The first-order valence-electron chi connectivity index (χ1n) is 8.05. The second kappa shape index (κ2) is 8.14. The average molecular weight is 291 g/mol. The van der Waals surface area contributed by atoms with E-state index >= 15 is 0 Å². The third-order valence-corrected chi connectivity index (χ3v) is 4.13. The molecular formula is C16H25N3O2. The van der Waals surface area contributed by atoms with E-state index in [4.69, 9.17) is 14.5 Å². The molecule has 0 spiro atoms. The highest BCUT2D eigenvalue weighted by molar-refractivity contribution is 4.96. The van der Waals surface area contributed by atoms with Crippen LogP contribution in [0, 0.1) is 23.2 Å². The van der Waals surface area contributed by atoms with Crippen LogP contribution >= 0.6 is 0 Å². The lowest BCUT2D eigenvalue weighted by Crippen LogP contribution is -2.20. The zero-order valence-corrected chi connectivity index (χ0v) is 13.0. The maximum Gasteiger partial charge on any atom is 0.227 e. The van der Waals surface area contributed by atoms with Crippen LogP contribution in [0.3, 0.4) is 0 Å². The predicted octanol–water partition coefficient (Wildman–Crippen LogP) is 3.82. The standard InChI is InChI=1S/C16H25N3O2/c1-3-20-15(13-7-5-4-6-8-13)16-18-14(21-19-16)11-12(2)9-10-17/h12-13,15H,3-9,11H2,1-2H3. The van der Waals surface area contributed by atoms with E-state index in [1.165, 1.54) is 32.1 Å². The van der Waals surface area contributed by atoms with Crippen LogP contribution in [0.25, 0.3) is 0 Å². The second-order valence-electron chi connectivity index (χ2n) is 5.99. The summed E-state index contributed by atoms with van der Waals surface area (Å²) in [6, 6.07) is 2.17. The van der Waals surface area contributed by atoms with Gasteiger partial charge in [-0.3, -0.25) is 0 Å². The lowest BCUT2D eigenvalue weighted by molar-refractivity contribution is -0.00145. The molecule has 1 aliphatic rings. The van der Waals surface area contributed by atoms with Gasteiger partial charge < -0.3 is 9.26 Å². The molecule has 2 unspecified atom stereocenters. The van der Waals surface area contributed by atoms with Crippen molar-refractivity contribution in [1.29, 1.82) is 5.26 Å². The lowest BCUT2D eigenvalue weighted by atomic mass is 9.85. The van der Waals surface area contributed by atoms with Crippen molar-refractivity contribution in [1.82, 2.24) is 10.1 Å². The first kappa shape index (κ1) is 16.0. The van der Waals surface area contributed by atoms with Gasteiger partial charge in [0.2, 0.25) is 11.7 Å². The smallest absolute Gasteiger partial charge is 0.227 e. The number of hydrogen-bond donors (Lipinski definition) is 0. The van der Waals surface area contributed by atoms with E-state index in [0.717, 1.165) is 0 Å². The SMILES string of the molecule is CCOC(c1noc(CC(C)CC#N)n1)C1CCCCC1. The first-order valence-corrected chi connectivity index (χ1v) is 8.05. The molecule has 1 aromatic heterocycles. The zero-order chi connectivity index (χ0) is 15.1. The van der Waals surface area contributed by atoms with Gasteiger partial charge in [0.25, 0.3) is 0 Å². The van der Waals surface area contributed by atoms with E-state index in [1.807, 2.05) is 13.8 Å². The fourth-order valence-corrected chi connectivity index (χ4v) is 3.03. The van der Waals surface area contributed by atoms with Crippen LogP contribution in [0.4, 0.5) is 0 Å². The van der Waals surface area contributed by atoms with Crippen LogP contribution in [0.15, 0.2) is 4.52 Å². The Morgan fingerprint density at radius 2 is 2.14 bits per heavy atom. The largest absolute Gasteiger partial charge is 0.370 e. The number of nitriles is 1. The molecule has 0 radical (unpaired) electrons. The minimum absolute atomic E-state index is 0.0425. The van der Waals surface area contributed by atoms with Gasteiger partial charge in [0, 0.05) is 19.4 Å². The maximum atomic E-state index is 8.71. The molecule has 116 valence electrons. The number of nitrogens with zero attached hydrogens (tertiary/aromatic N) is 3. The van der Waals surface area contributed by atoms with Gasteiger partial charge in [0.05, 0.1) is 6.07 Å². The molecule has 0 N–H and O–H groups in total. The van der Waals surface area contributed by atoms with Gasteiger partial charge in [-0.25, -0.2) is 0 Å². The Kier molecular flexibility index (Phi) is 6.19. The highest BCUT2D eigenvalue weighted by Crippen LogP contribution is 2.35. The molecule has 1 aromatic rings. The van der Waals surface area contributed by atoms with Gasteiger partial charge in [-0.2, -0.15) is 10.2 Å². The van der Waals surface area contributed by atoms with Crippen molar-refractivity contribution < 1.29 is 9.26 Å². The third-order valence-electron chi connectivity index (χ3n) is 4.13.